The van der Waals surface area contributed by atoms with Gasteiger partial charge in [-0.2, -0.15) is 0 Å². The van der Waals surface area contributed by atoms with Gasteiger partial charge in [0.1, 0.15) is 6.61 Å². The maximum absolute atomic E-state index is 11.8. The molecular weight excluding hydrogens is 236 g/mol. The average molecular weight is 254 g/mol. The Labute approximate surface area is 114 Å². The number of benzene rings is 2. The first-order valence-corrected chi connectivity index (χ1v) is 6.40. The predicted molar refractivity (Wildman–Crippen MR) is 75.9 cm³/mol. The monoisotopic (exact) mass is 254 g/mol. The molecule has 0 heterocycles. The number of ether oxygens (including phenoxy) is 1. The van der Waals surface area contributed by atoms with Crippen LogP contribution in [0, 0.1) is 13.8 Å². The van der Waals surface area contributed by atoms with E-state index in [4.69, 9.17) is 4.74 Å². The minimum atomic E-state index is -0.188. The van der Waals surface area contributed by atoms with Gasteiger partial charge in [0.05, 0.1) is 6.42 Å². The number of aryl methyl sites for hydroxylation is 2. The van der Waals surface area contributed by atoms with Gasteiger partial charge in [-0.25, -0.2) is 0 Å². The molecule has 98 valence electrons. The summed E-state index contributed by atoms with van der Waals surface area (Å²) in [6, 6.07) is 15.9. The molecule has 2 aromatic rings. The molecule has 0 saturated carbocycles. The second-order valence-electron chi connectivity index (χ2n) is 4.82. The Kier molecular flexibility index (Phi) is 4.35. The Hall–Kier alpha value is -2.09. The summed E-state index contributed by atoms with van der Waals surface area (Å²) in [7, 11) is 0. The Morgan fingerprint density at radius 3 is 2.16 bits per heavy atom. The molecule has 0 bridgehead atoms. The molecular formula is C17H18O2. The summed E-state index contributed by atoms with van der Waals surface area (Å²) in [5, 5.41) is 0. The first-order chi connectivity index (χ1) is 9.13. The summed E-state index contributed by atoms with van der Waals surface area (Å²) >= 11 is 0. The van der Waals surface area contributed by atoms with Crippen molar-refractivity contribution in [3.63, 3.8) is 0 Å². The smallest absolute Gasteiger partial charge is 0.310 e. The lowest BCUT2D eigenvalue weighted by molar-refractivity contribution is -0.144. The van der Waals surface area contributed by atoms with Crippen molar-refractivity contribution in [3.8, 4) is 0 Å². The minimum absolute atomic E-state index is 0.188. The third-order valence-electron chi connectivity index (χ3n) is 2.91. The lowest BCUT2D eigenvalue weighted by Gasteiger charge is -2.06. The van der Waals surface area contributed by atoms with Gasteiger partial charge in [-0.05, 0) is 25.0 Å². The van der Waals surface area contributed by atoms with Crippen LogP contribution in [0.3, 0.4) is 0 Å². The first kappa shape index (κ1) is 13.3. The van der Waals surface area contributed by atoms with E-state index in [0.717, 1.165) is 16.7 Å². The molecule has 0 radical (unpaired) electrons. The zero-order chi connectivity index (χ0) is 13.7. The van der Waals surface area contributed by atoms with Gasteiger partial charge in [-0.15, -0.1) is 0 Å². The molecule has 2 rings (SSSR count). The molecule has 0 amide bonds. The molecule has 0 aliphatic carbocycles. The molecule has 0 atom stereocenters. The van der Waals surface area contributed by atoms with Crippen LogP contribution < -0.4 is 0 Å². The fraction of sp³-hybridized carbons (Fsp3) is 0.235. The first-order valence-electron chi connectivity index (χ1n) is 6.40. The molecule has 0 saturated heterocycles. The van der Waals surface area contributed by atoms with Crippen molar-refractivity contribution in [1.29, 1.82) is 0 Å². The Morgan fingerprint density at radius 2 is 1.53 bits per heavy atom. The summed E-state index contributed by atoms with van der Waals surface area (Å²) in [6.45, 7) is 4.38. The van der Waals surface area contributed by atoms with E-state index in [2.05, 4.69) is 0 Å². The van der Waals surface area contributed by atoms with E-state index >= 15 is 0 Å². The number of carbonyl (C=O) groups excluding carboxylic acids is 1. The summed E-state index contributed by atoms with van der Waals surface area (Å²) in [5.41, 5.74) is 4.35. The lowest BCUT2D eigenvalue weighted by atomic mass is 10.1. The van der Waals surface area contributed by atoms with Crippen molar-refractivity contribution in [3.05, 3.63) is 70.8 Å². The van der Waals surface area contributed by atoms with Gasteiger partial charge < -0.3 is 4.74 Å². The molecule has 0 unspecified atom stereocenters. The molecule has 0 fully saturated rings. The van der Waals surface area contributed by atoms with E-state index in [1.165, 1.54) is 5.56 Å². The van der Waals surface area contributed by atoms with Crippen molar-refractivity contribution in [2.75, 3.05) is 0 Å². The van der Waals surface area contributed by atoms with Crippen molar-refractivity contribution in [2.24, 2.45) is 0 Å². The standard InChI is InChI=1S/C17H18O2/c1-13-5-3-7-15(9-13)11-17(18)19-12-16-8-4-6-14(2)10-16/h3-10H,11-12H2,1-2H3. The molecule has 0 N–H and O–H groups in total. The van der Waals surface area contributed by atoms with Gasteiger partial charge in [0.15, 0.2) is 0 Å². The van der Waals surface area contributed by atoms with Crippen molar-refractivity contribution >= 4 is 5.97 Å². The highest BCUT2D eigenvalue weighted by Gasteiger charge is 2.05. The number of hydrogen-bond donors (Lipinski definition) is 0. The van der Waals surface area contributed by atoms with Crippen LogP contribution >= 0.6 is 0 Å². The van der Waals surface area contributed by atoms with Crippen LogP contribution in [0.2, 0.25) is 0 Å². The van der Waals surface area contributed by atoms with Crippen molar-refractivity contribution in [2.45, 2.75) is 26.9 Å². The molecule has 0 aliphatic heterocycles. The summed E-state index contributed by atoms with van der Waals surface area (Å²) in [4.78, 5) is 11.8. The van der Waals surface area contributed by atoms with E-state index in [1.54, 1.807) is 0 Å². The van der Waals surface area contributed by atoms with Crippen LogP contribution in [-0.2, 0) is 22.6 Å². The number of hydrogen-bond acceptors (Lipinski definition) is 2. The summed E-state index contributed by atoms with van der Waals surface area (Å²) < 4.78 is 5.29. The van der Waals surface area contributed by atoms with E-state index in [9.17, 15) is 4.79 Å². The molecule has 19 heavy (non-hydrogen) atoms. The molecule has 0 spiro atoms. The van der Waals surface area contributed by atoms with E-state index in [-0.39, 0.29) is 5.97 Å². The van der Waals surface area contributed by atoms with Crippen LogP contribution in [0.1, 0.15) is 22.3 Å². The van der Waals surface area contributed by atoms with Crippen molar-refractivity contribution in [1.82, 2.24) is 0 Å². The zero-order valence-corrected chi connectivity index (χ0v) is 11.3. The molecule has 2 aromatic carbocycles. The average Bonchev–Trinajstić information content (AvgIpc) is 2.36. The van der Waals surface area contributed by atoms with Gasteiger partial charge >= 0.3 is 5.97 Å². The second-order valence-corrected chi connectivity index (χ2v) is 4.82. The lowest BCUT2D eigenvalue weighted by Crippen LogP contribution is -2.08. The van der Waals surface area contributed by atoms with E-state index in [0.29, 0.717) is 13.0 Å². The highest BCUT2D eigenvalue weighted by Crippen LogP contribution is 2.08. The summed E-state index contributed by atoms with van der Waals surface area (Å²) in [6.07, 6.45) is 0.327. The third-order valence-corrected chi connectivity index (χ3v) is 2.91. The van der Waals surface area contributed by atoms with Gasteiger partial charge in [0.25, 0.3) is 0 Å². The van der Waals surface area contributed by atoms with Crippen LogP contribution in [0.4, 0.5) is 0 Å². The fourth-order valence-corrected chi connectivity index (χ4v) is 2.01. The van der Waals surface area contributed by atoms with Crippen molar-refractivity contribution < 1.29 is 9.53 Å². The van der Waals surface area contributed by atoms with Crippen LogP contribution in [0.5, 0.6) is 0 Å². The van der Waals surface area contributed by atoms with Crippen LogP contribution in [-0.4, -0.2) is 5.97 Å². The Bertz CT molecular complexity index is 573. The van der Waals surface area contributed by atoms with Gasteiger partial charge in [0, 0.05) is 0 Å². The van der Waals surface area contributed by atoms with Gasteiger partial charge in [-0.1, -0.05) is 59.7 Å². The molecule has 0 aromatic heterocycles. The van der Waals surface area contributed by atoms with E-state index < -0.39 is 0 Å². The van der Waals surface area contributed by atoms with Gasteiger partial charge in [-0.3, -0.25) is 4.79 Å². The Morgan fingerprint density at radius 1 is 0.947 bits per heavy atom. The second kappa shape index (κ2) is 6.19. The van der Waals surface area contributed by atoms with Crippen LogP contribution in [0.25, 0.3) is 0 Å². The van der Waals surface area contributed by atoms with Crippen LogP contribution in [0.15, 0.2) is 48.5 Å². The predicted octanol–water partition coefficient (Wildman–Crippen LogP) is 3.59. The highest BCUT2D eigenvalue weighted by atomic mass is 16.5. The molecule has 2 nitrogen and oxygen atoms in total. The molecule has 2 heteroatoms. The SMILES string of the molecule is Cc1cccc(COC(=O)Cc2cccc(C)c2)c1. The maximum Gasteiger partial charge on any atom is 0.310 e. The van der Waals surface area contributed by atoms with E-state index in [1.807, 2.05) is 62.4 Å². The Balaban J connectivity index is 1.88. The quantitative estimate of drug-likeness (QED) is 0.779. The largest absolute Gasteiger partial charge is 0.461 e. The third kappa shape index (κ3) is 4.25. The number of carbonyl (C=O) groups is 1. The topological polar surface area (TPSA) is 26.3 Å². The fourth-order valence-electron chi connectivity index (χ4n) is 2.01. The zero-order valence-electron chi connectivity index (χ0n) is 11.3. The maximum atomic E-state index is 11.8. The highest BCUT2D eigenvalue weighted by molar-refractivity contribution is 5.72. The number of esters is 1. The number of rotatable bonds is 4. The van der Waals surface area contributed by atoms with Gasteiger partial charge in [0.2, 0.25) is 0 Å². The minimum Gasteiger partial charge on any atom is -0.461 e. The summed E-state index contributed by atoms with van der Waals surface area (Å²) in [5.74, 6) is -0.188. The normalized spacial score (nSPS) is 10.2. The molecule has 0 aliphatic rings.